The Hall–Kier alpha value is -1.69. The summed E-state index contributed by atoms with van der Waals surface area (Å²) in [6.07, 6.45) is 4.38. The van der Waals surface area contributed by atoms with Crippen molar-refractivity contribution in [2.24, 2.45) is 0 Å². The lowest BCUT2D eigenvalue weighted by Crippen LogP contribution is -2.06. The molecule has 4 nitrogen and oxygen atoms in total. The van der Waals surface area contributed by atoms with Crippen LogP contribution in [-0.2, 0) is 12.8 Å². The molecular weight excluding hydrogens is 339 g/mol. The van der Waals surface area contributed by atoms with Crippen LogP contribution in [0.1, 0.15) is 41.0 Å². The maximum atomic E-state index is 14.2. The van der Waals surface area contributed by atoms with Crippen LogP contribution in [0.25, 0.3) is 5.69 Å². The van der Waals surface area contributed by atoms with Crippen molar-refractivity contribution in [2.75, 3.05) is 0 Å². The summed E-state index contributed by atoms with van der Waals surface area (Å²) in [5.74, 6) is -1.47. The van der Waals surface area contributed by atoms with E-state index < -0.39 is 11.8 Å². The van der Waals surface area contributed by atoms with E-state index in [4.69, 9.17) is 0 Å². The normalized spacial score (nSPS) is 14.6. The molecule has 1 heterocycles. The van der Waals surface area contributed by atoms with Crippen molar-refractivity contribution < 1.29 is 14.3 Å². The Bertz CT molecular complexity index is 712. The second-order valence-electron chi connectivity index (χ2n) is 5.15. The second kappa shape index (κ2) is 5.60. The Morgan fingerprint density at radius 2 is 2.05 bits per heavy atom. The van der Waals surface area contributed by atoms with Gasteiger partial charge in [0.25, 0.3) is 0 Å². The third-order valence-electron chi connectivity index (χ3n) is 3.77. The van der Waals surface area contributed by atoms with Gasteiger partial charge >= 0.3 is 5.97 Å². The lowest BCUT2D eigenvalue weighted by Gasteiger charge is -2.08. The zero-order chi connectivity index (χ0) is 15.0. The number of rotatable bonds is 2. The molecule has 3 rings (SSSR count). The maximum absolute atomic E-state index is 14.2. The minimum Gasteiger partial charge on any atom is -0.476 e. The molecule has 1 N–H and O–H groups in total. The summed E-state index contributed by atoms with van der Waals surface area (Å²) >= 11 is 3.22. The van der Waals surface area contributed by atoms with Gasteiger partial charge in [0.15, 0.2) is 5.69 Å². The number of hydrogen-bond acceptors (Lipinski definition) is 2. The first-order valence-corrected chi connectivity index (χ1v) is 7.66. The van der Waals surface area contributed by atoms with Gasteiger partial charge < -0.3 is 5.11 Å². The molecule has 0 bridgehead atoms. The average molecular weight is 353 g/mol. The van der Waals surface area contributed by atoms with Crippen molar-refractivity contribution in [3.8, 4) is 5.69 Å². The van der Waals surface area contributed by atoms with Gasteiger partial charge in [-0.3, -0.25) is 0 Å². The van der Waals surface area contributed by atoms with Crippen LogP contribution in [0.15, 0.2) is 22.7 Å². The molecule has 0 spiro atoms. The highest BCUT2D eigenvalue weighted by Crippen LogP contribution is 2.28. The van der Waals surface area contributed by atoms with E-state index in [0.29, 0.717) is 16.6 Å². The van der Waals surface area contributed by atoms with Crippen LogP contribution in [-0.4, -0.2) is 20.9 Å². The van der Waals surface area contributed by atoms with Gasteiger partial charge in [-0.2, -0.15) is 5.10 Å². The minimum atomic E-state index is -1.05. The van der Waals surface area contributed by atoms with Crippen LogP contribution in [0.2, 0.25) is 0 Å². The van der Waals surface area contributed by atoms with Gasteiger partial charge in [-0.15, -0.1) is 0 Å². The summed E-state index contributed by atoms with van der Waals surface area (Å²) < 4.78 is 16.3. The third-order valence-corrected chi connectivity index (χ3v) is 4.26. The molecule has 1 aromatic carbocycles. The van der Waals surface area contributed by atoms with E-state index >= 15 is 0 Å². The van der Waals surface area contributed by atoms with Gasteiger partial charge in [0.1, 0.15) is 11.5 Å². The maximum Gasteiger partial charge on any atom is 0.356 e. The molecule has 0 unspecified atom stereocenters. The number of nitrogens with zero attached hydrogens (tertiary/aromatic N) is 2. The van der Waals surface area contributed by atoms with E-state index in [1.807, 2.05) is 0 Å². The average Bonchev–Trinajstić information content (AvgIpc) is 2.63. The number of carbonyl (C=O) groups is 1. The van der Waals surface area contributed by atoms with Crippen molar-refractivity contribution in [2.45, 2.75) is 32.1 Å². The molecular formula is C15H14BrFN2O2. The molecule has 0 radical (unpaired) electrons. The summed E-state index contributed by atoms with van der Waals surface area (Å²) in [5, 5.41) is 13.5. The molecule has 6 heteroatoms. The Labute approximate surface area is 129 Å². The van der Waals surface area contributed by atoms with Gasteiger partial charge in [0.05, 0.1) is 0 Å². The van der Waals surface area contributed by atoms with Gasteiger partial charge in [0, 0.05) is 15.7 Å². The van der Waals surface area contributed by atoms with E-state index in [-0.39, 0.29) is 5.69 Å². The predicted octanol–water partition coefficient (Wildman–Crippen LogP) is 3.74. The fraction of sp³-hybridized carbons (Fsp3) is 0.333. The largest absolute Gasteiger partial charge is 0.476 e. The first-order valence-electron chi connectivity index (χ1n) is 6.87. The van der Waals surface area contributed by atoms with E-state index in [0.717, 1.165) is 36.9 Å². The molecule has 110 valence electrons. The van der Waals surface area contributed by atoms with Gasteiger partial charge in [0.2, 0.25) is 0 Å². The smallest absolute Gasteiger partial charge is 0.356 e. The third kappa shape index (κ3) is 2.60. The summed E-state index contributed by atoms with van der Waals surface area (Å²) in [4.78, 5) is 11.4. The highest BCUT2D eigenvalue weighted by molar-refractivity contribution is 9.10. The summed E-state index contributed by atoms with van der Waals surface area (Å²) in [5.41, 5.74) is 1.92. The van der Waals surface area contributed by atoms with Crippen LogP contribution in [0.3, 0.4) is 0 Å². The molecule has 0 amide bonds. The number of carboxylic acids is 1. The topological polar surface area (TPSA) is 55.1 Å². The number of carboxylic acid groups (broad SMARTS) is 1. The fourth-order valence-electron chi connectivity index (χ4n) is 2.80. The van der Waals surface area contributed by atoms with Crippen molar-refractivity contribution >= 4 is 21.9 Å². The molecule has 1 aromatic heterocycles. The Morgan fingerprint density at radius 1 is 1.29 bits per heavy atom. The van der Waals surface area contributed by atoms with E-state index in [9.17, 15) is 14.3 Å². The zero-order valence-electron chi connectivity index (χ0n) is 11.3. The summed E-state index contributed by atoms with van der Waals surface area (Å²) in [6.45, 7) is 0. The highest BCUT2D eigenvalue weighted by Gasteiger charge is 2.25. The molecule has 0 saturated heterocycles. The number of aromatic carboxylic acids is 1. The van der Waals surface area contributed by atoms with Crippen molar-refractivity contribution in [3.63, 3.8) is 0 Å². The molecule has 1 aliphatic carbocycles. The number of halogens is 2. The van der Waals surface area contributed by atoms with E-state index in [1.54, 1.807) is 12.1 Å². The molecule has 0 atom stereocenters. The first kappa shape index (κ1) is 14.3. The van der Waals surface area contributed by atoms with Crippen molar-refractivity contribution in [1.29, 1.82) is 0 Å². The number of hydrogen-bond donors (Lipinski definition) is 1. The lowest BCUT2D eigenvalue weighted by molar-refractivity contribution is 0.0688. The van der Waals surface area contributed by atoms with Crippen molar-refractivity contribution in [1.82, 2.24) is 9.78 Å². The monoisotopic (exact) mass is 352 g/mol. The highest BCUT2D eigenvalue weighted by atomic mass is 79.9. The van der Waals surface area contributed by atoms with Crippen LogP contribution in [0, 0.1) is 5.82 Å². The number of aromatic nitrogens is 2. The molecule has 2 aromatic rings. The van der Waals surface area contributed by atoms with E-state index in [2.05, 4.69) is 21.0 Å². The first-order chi connectivity index (χ1) is 10.1. The summed E-state index contributed by atoms with van der Waals surface area (Å²) in [6, 6.07) is 4.70. The second-order valence-corrected chi connectivity index (χ2v) is 6.06. The van der Waals surface area contributed by atoms with Crippen LogP contribution in [0.4, 0.5) is 4.39 Å². The Balaban J connectivity index is 2.20. The molecule has 1 aliphatic rings. The minimum absolute atomic E-state index is 0.0502. The molecule has 0 fully saturated rings. The fourth-order valence-corrected chi connectivity index (χ4v) is 3.13. The Kier molecular flexibility index (Phi) is 3.80. The van der Waals surface area contributed by atoms with Gasteiger partial charge in [-0.05, 0) is 43.9 Å². The van der Waals surface area contributed by atoms with Gasteiger partial charge in [-0.1, -0.05) is 22.4 Å². The van der Waals surface area contributed by atoms with Crippen LogP contribution in [0.5, 0.6) is 0 Å². The number of benzene rings is 1. The quantitative estimate of drug-likeness (QED) is 0.837. The number of fused-ring (bicyclic) bond motifs is 1. The molecule has 0 aliphatic heterocycles. The molecule has 0 saturated carbocycles. The molecule has 21 heavy (non-hydrogen) atoms. The lowest BCUT2D eigenvalue weighted by atomic mass is 10.1. The summed E-state index contributed by atoms with van der Waals surface area (Å²) in [7, 11) is 0. The zero-order valence-corrected chi connectivity index (χ0v) is 12.9. The van der Waals surface area contributed by atoms with Crippen LogP contribution < -0.4 is 0 Å². The van der Waals surface area contributed by atoms with Gasteiger partial charge in [-0.25, -0.2) is 13.9 Å². The standard InChI is InChI=1S/C15H14BrFN2O2/c16-9-6-7-13(11(17)8-9)19-12-5-3-1-2-4-10(12)14(18-19)15(20)21/h6-8H,1-5H2,(H,20,21). The van der Waals surface area contributed by atoms with Crippen LogP contribution >= 0.6 is 15.9 Å². The Morgan fingerprint density at radius 3 is 2.76 bits per heavy atom. The SMILES string of the molecule is O=C(O)c1nn(-c2ccc(Br)cc2F)c2c1CCCCC2. The van der Waals surface area contributed by atoms with E-state index in [1.165, 1.54) is 10.7 Å². The predicted molar refractivity (Wildman–Crippen MR) is 79.4 cm³/mol. The van der Waals surface area contributed by atoms with Crippen molar-refractivity contribution in [3.05, 3.63) is 45.4 Å².